The Balaban J connectivity index is 1.77. The van der Waals surface area contributed by atoms with Gasteiger partial charge in [-0.15, -0.1) is 0 Å². The molecule has 0 bridgehead atoms. The second-order valence-electron chi connectivity index (χ2n) is 4.69. The number of aromatic nitrogens is 1. The minimum absolute atomic E-state index is 0.221. The third kappa shape index (κ3) is 2.62. The molecule has 1 aromatic heterocycles. The minimum atomic E-state index is -0.221. The Morgan fingerprint density at radius 1 is 1.05 bits per heavy atom. The first-order chi connectivity index (χ1) is 9.72. The average molecular weight is 267 g/mol. The van der Waals surface area contributed by atoms with Crippen LogP contribution >= 0.6 is 0 Å². The second kappa shape index (κ2) is 5.29. The number of aryl methyl sites for hydroxylation is 1. The SMILES string of the molecule is Cc1cc(OCc2ccc3ccccc3n2)ccc1F. The summed E-state index contributed by atoms with van der Waals surface area (Å²) in [5.41, 5.74) is 2.38. The van der Waals surface area contributed by atoms with E-state index < -0.39 is 0 Å². The molecule has 0 spiro atoms. The number of hydrogen-bond acceptors (Lipinski definition) is 2. The zero-order valence-electron chi connectivity index (χ0n) is 11.1. The van der Waals surface area contributed by atoms with Gasteiger partial charge in [0.25, 0.3) is 0 Å². The van der Waals surface area contributed by atoms with Crippen molar-refractivity contribution in [1.82, 2.24) is 4.98 Å². The lowest BCUT2D eigenvalue weighted by atomic mass is 10.2. The predicted molar refractivity (Wildman–Crippen MR) is 77.2 cm³/mol. The molecular weight excluding hydrogens is 253 g/mol. The maximum absolute atomic E-state index is 13.2. The lowest BCUT2D eigenvalue weighted by Gasteiger charge is -2.07. The third-order valence-electron chi connectivity index (χ3n) is 3.17. The summed E-state index contributed by atoms with van der Waals surface area (Å²) >= 11 is 0. The van der Waals surface area contributed by atoms with E-state index in [1.165, 1.54) is 6.07 Å². The number of fused-ring (bicyclic) bond motifs is 1. The van der Waals surface area contributed by atoms with Crippen LogP contribution < -0.4 is 4.74 Å². The summed E-state index contributed by atoms with van der Waals surface area (Å²) in [6.45, 7) is 2.09. The fraction of sp³-hybridized carbons (Fsp3) is 0.118. The number of rotatable bonds is 3. The van der Waals surface area contributed by atoms with Crippen LogP contribution in [0.2, 0.25) is 0 Å². The molecule has 0 saturated carbocycles. The molecule has 2 aromatic carbocycles. The van der Waals surface area contributed by atoms with Crippen LogP contribution in [0.3, 0.4) is 0 Å². The zero-order chi connectivity index (χ0) is 13.9. The van der Waals surface area contributed by atoms with E-state index in [1.54, 1.807) is 19.1 Å². The Morgan fingerprint density at radius 2 is 1.90 bits per heavy atom. The Bertz CT molecular complexity index is 755. The molecule has 3 heteroatoms. The highest BCUT2D eigenvalue weighted by atomic mass is 19.1. The van der Waals surface area contributed by atoms with Crippen LogP contribution in [0.5, 0.6) is 5.75 Å². The number of hydrogen-bond donors (Lipinski definition) is 0. The summed E-state index contributed by atoms with van der Waals surface area (Å²) in [6.07, 6.45) is 0. The molecule has 0 unspecified atom stereocenters. The van der Waals surface area contributed by atoms with Crippen molar-refractivity contribution in [1.29, 1.82) is 0 Å². The first-order valence-electron chi connectivity index (χ1n) is 6.46. The van der Waals surface area contributed by atoms with Crippen molar-refractivity contribution in [2.45, 2.75) is 13.5 Å². The van der Waals surface area contributed by atoms with Crippen molar-refractivity contribution in [3.63, 3.8) is 0 Å². The van der Waals surface area contributed by atoms with Gasteiger partial charge in [0.05, 0.1) is 11.2 Å². The first kappa shape index (κ1) is 12.6. The number of ether oxygens (including phenoxy) is 1. The summed E-state index contributed by atoms with van der Waals surface area (Å²) in [5, 5.41) is 1.11. The Kier molecular flexibility index (Phi) is 3.33. The summed E-state index contributed by atoms with van der Waals surface area (Å²) in [7, 11) is 0. The quantitative estimate of drug-likeness (QED) is 0.707. The maximum atomic E-state index is 13.2. The van der Waals surface area contributed by atoms with Gasteiger partial charge in [-0.2, -0.15) is 0 Å². The van der Waals surface area contributed by atoms with Crippen molar-refractivity contribution >= 4 is 10.9 Å². The molecule has 3 aromatic rings. The molecule has 0 atom stereocenters. The van der Waals surface area contributed by atoms with Gasteiger partial charge in [-0.1, -0.05) is 24.3 Å². The molecule has 2 nitrogen and oxygen atoms in total. The maximum Gasteiger partial charge on any atom is 0.130 e. The van der Waals surface area contributed by atoms with Gasteiger partial charge in [0.2, 0.25) is 0 Å². The van der Waals surface area contributed by atoms with Crippen LogP contribution in [-0.4, -0.2) is 4.98 Å². The molecule has 0 fully saturated rings. The van der Waals surface area contributed by atoms with Crippen molar-refractivity contribution in [2.24, 2.45) is 0 Å². The summed E-state index contributed by atoms with van der Waals surface area (Å²) in [5.74, 6) is 0.431. The topological polar surface area (TPSA) is 22.1 Å². The van der Waals surface area contributed by atoms with Crippen molar-refractivity contribution in [3.8, 4) is 5.75 Å². The molecular formula is C17H14FNO. The van der Waals surface area contributed by atoms with Crippen LogP contribution in [0.1, 0.15) is 11.3 Å². The van der Waals surface area contributed by atoms with Gasteiger partial charge in [0, 0.05) is 5.39 Å². The van der Waals surface area contributed by atoms with Crippen molar-refractivity contribution < 1.29 is 9.13 Å². The Hall–Kier alpha value is -2.42. The summed E-state index contributed by atoms with van der Waals surface area (Å²) < 4.78 is 18.8. The van der Waals surface area contributed by atoms with E-state index in [-0.39, 0.29) is 5.82 Å². The fourth-order valence-corrected chi connectivity index (χ4v) is 2.05. The van der Waals surface area contributed by atoms with Crippen molar-refractivity contribution in [2.75, 3.05) is 0 Å². The molecule has 3 rings (SSSR count). The van der Waals surface area contributed by atoms with E-state index in [9.17, 15) is 4.39 Å². The number of para-hydroxylation sites is 1. The van der Waals surface area contributed by atoms with E-state index >= 15 is 0 Å². The fourth-order valence-electron chi connectivity index (χ4n) is 2.05. The summed E-state index contributed by atoms with van der Waals surface area (Å²) in [6, 6.07) is 16.6. The van der Waals surface area contributed by atoms with E-state index in [0.717, 1.165) is 16.6 Å². The number of nitrogens with zero attached hydrogens (tertiary/aromatic N) is 1. The molecule has 0 aliphatic heterocycles. The van der Waals surface area contributed by atoms with E-state index in [4.69, 9.17) is 4.74 Å². The van der Waals surface area contributed by atoms with E-state index in [0.29, 0.717) is 17.9 Å². The molecule has 0 radical (unpaired) electrons. The molecule has 0 saturated heterocycles. The lowest BCUT2D eigenvalue weighted by molar-refractivity contribution is 0.301. The van der Waals surface area contributed by atoms with Crippen LogP contribution in [0.15, 0.2) is 54.6 Å². The molecule has 1 heterocycles. The summed E-state index contributed by atoms with van der Waals surface area (Å²) in [4.78, 5) is 4.53. The van der Waals surface area contributed by atoms with Crippen LogP contribution in [0, 0.1) is 12.7 Å². The second-order valence-corrected chi connectivity index (χ2v) is 4.69. The number of halogens is 1. The molecule has 0 N–H and O–H groups in total. The van der Waals surface area contributed by atoms with E-state index in [2.05, 4.69) is 4.98 Å². The van der Waals surface area contributed by atoms with Gasteiger partial charge in [-0.05, 0) is 42.8 Å². The van der Waals surface area contributed by atoms with Crippen LogP contribution in [0.4, 0.5) is 4.39 Å². The molecule has 0 aliphatic rings. The third-order valence-corrected chi connectivity index (χ3v) is 3.17. The Labute approximate surface area is 116 Å². The highest BCUT2D eigenvalue weighted by Crippen LogP contribution is 2.18. The minimum Gasteiger partial charge on any atom is -0.487 e. The van der Waals surface area contributed by atoms with Crippen LogP contribution in [-0.2, 0) is 6.61 Å². The normalized spacial score (nSPS) is 10.7. The molecule has 100 valence electrons. The number of benzene rings is 2. The Morgan fingerprint density at radius 3 is 2.75 bits per heavy atom. The number of pyridine rings is 1. The first-order valence-corrected chi connectivity index (χ1v) is 6.46. The predicted octanol–water partition coefficient (Wildman–Crippen LogP) is 4.26. The van der Waals surface area contributed by atoms with Crippen molar-refractivity contribution in [3.05, 3.63) is 71.7 Å². The van der Waals surface area contributed by atoms with Crippen LogP contribution in [0.25, 0.3) is 10.9 Å². The molecule has 0 amide bonds. The molecule has 20 heavy (non-hydrogen) atoms. The lowest BCUT2D eigenvalue weighted by Crippen LogP contribution is -1.99. The van der Waals surface area contributed by atoms with E-state index in [1.807, 2.05) is 36.4 Å². The standard InChI is InChI=1S/C17H14FNO/c1-12-10-15(8-9-16(12)18)20-11-14-7-6-13-4-2-3-5-17(13)19-14/h2-10H,11H2,1H3. The average Bonchev–Trinajstić information content (AvgIpc) is 2.48. The van der Waals surface area contributed by atoms with Gasteiger partial charge < -0.3 is 4.74 Å². The highest BCUT2D eigenvalue weighted by Gasteiger charge is 2.02. The van der Waals surface area contributed by atoms with Gasteiger partial charge in [0.15, 0.2) is 0 Å². The highest BCUT2D eigenvalue weighted by molar-refractivity contribution is 5.78. The van der Waals surface area contributed by atoms with Gasteiger partial charge >= 0.3 is 0 Å². The molecule has 0 aliphatic carbocycles. The van der Waals surface area contributed by atoms with Gasteiger partial charge in [-0.3, -0.25) is 0 Å². The smallest absolute Gasteiger partial charge is 0.130 e. The van der Waals surface area contributed by atoms with Gasteiger partial charge in [-0.25, -0.2) is 9.37 Å². The zero-order valence-corrected chi connectivity index (χ0v) is 11.1. The monoisotopic (exact) mass is 267 g/mol. The van der Waals surface area contributed by atoms with Gasteiger partial charge in [0.1, 0.15) is 18.2 Å². The largest absolute Gasteiger partial charge is 0.487 e.